The Bertz CT molecular complexity index is 1270. The molecule has 0 spiro atoms. The quantitative estimate of drug-likeness (QED) is 0.479. The molecule has 4 aromatic rings. The van der Waals surface area contributed by atoms with Crippen LogP contribution in [-0.2, 0) is 0 Å². The predicted octanol–water partition coefficient (Wildman–Crippen LogP) is 5.35. The average molecular weight is 383 g/mol. The van der Waals surface area contributed by atoms with Crippen LogP contribution in [0, 0.1) is 13.8 Å². The number of hydrogen-bond acceptors (Lipinski definition) is 3. The van der Waals surface area contributed by atoms with Gasteiger partial charge in [0.1, 0.15) is 5.76 Å². The molecule has 0 radical (unpaired) electrons. The average Bonchev–Trinajstić information content (AvgIpc) is 2.75. The number of amides is 1. The zero-order valence-electron chi connectivity index (χ0n) is 16.6. The lowest BCUT2D eigenvalue weighted by Gasteiger charge is -2.19. The fraction of sp³-hybridized carbons (Fsp3) is 0.120. The summed E-state index contributed by atoms with van der Waals surface area (Å²) < 4.78 is 6.17. The van der Waals surface area contributed by atoms with Crippen LogP contribution in [0.2, 0.25) is 0 Å². The number of carbonyl (C=O) groups is 1. The first-order valence-corrected chi connectivity index (χ1v) is 9.44. The smallest absolute Gasteiger partial charge is 0.261 e. The molecule has 0 fully saturated rings. The largest absolute Gasteiger partial charge is 0.455 e. The summed E-state index contributed by atoms with van der Waals surface area (Å²) in [7, 11) is 1.72. The molecule has 0 N–H and O–H groups in total. The highest BCUT2D eigenvalue weighted by Crippen LogP contribution is 2.28. The lowest BCUT2D eigenvalue weighted by atomic mass is 10.0. The highest BCUT2D eigenvalue weighted by molar-refractivity contribution is 6.12. The van der Waals surface area contributed by atoms with Crippen LogP contribution >= 0.6 is 0 Å². The molecule has 0 unspecified atom stereocenters. The standard InChI is InChI=1S/C25H21NO3/c1-16-9-7-12-19(15-16)26(3)25(28)21-14-8-13-20-22(27)17(2)23(29-24(20)21)18-10-5-4-6-11-18/h4-15H,1-3H3. The van der Waals surface area contributed by atoms with Gasteiger partial charge in [-0.15, -0.1) is 0 Å². The Kier molecular flexibility index (Phi) is 4.77. The van der Waals surface area contributed by atoms with E-state index >= 15 is 0 Å². The minimum absolute atomic E-state index is 0.127. The molecular formula is C25H21NO3. The lowest BCUT2D eigenvalue weighted by molar-refractivity contribution is 0.0993. The Morgan fingerprint density at radius 1 is 0.897 bits per heavy atom. The van der Waals surface area contributed by atoms with E-state index in [4.69, 9.17) is 4.42 Å². The highest BCUT2D eigenvalue weighted by atomic mass is 16.3. The van der Waals surface area contributed by atoms with Gasteiger partial charge in [0.05, 0.1) is 10.9 Å². The molecular weight excluding hydrogens is 362 g/mol. The van der Waals surface area contributed by atoms with Crippen LogP contribution in [0.3, 0.4) is 0 Å². The van der Waals surface area contributed by atoms with E-state index in [1.807, 2.05) is 61.5 Å². The minimum atomic E-state index is -0.229. The van der Waals surface area contributed by atoms with E-state index in [9.17, 15) is 9.59 Å². The Morgan fingerprint density at radius 2 is 1.62 bits per heavy atom. The van der Waals surface area contributed by atoms with Crippen LogP contribution in [0.25, 0.3) is 22.3 Å². The summed E-state index contributed by atoms with van der Waals surface area (Å²) in [4.78, 5) is 27.8. The van der Waals surface area contributed by atoms with Crippen molar-refractivity contribution < 1.29 is 9.21 Å². The first kappa shape index (κ1) is 18.7. The molecule has 1 heterocycles. The van der Waals surface area contributed by atoms with E-state index in [1.54, 1.807) is 37.1 Å². The van der Waals surface area contributed by atoms with Crippen LogP contribution in [0.5, 0.6) is 0 Å². The van der Waals surface area contributed by atoms with E-state index in [-0.39, 0.29) is 11.3 Å². The van der Waals surface area contributed by atoms with Crippen LogP contribution in [0.1, 0.15) is 21.5 Å². The van der Waals surface area contributed by atoms with Crippen LogP contribution in [-0.4, -0.2) is 13.0 Å². The molecule has 144 valence electrons. The van der Waals surface area contributed by atoms with Gasteiger partial charge in [0.15, 0.2) is 11.0 Å². The zero-order valence-corrected chi connectivity index (χ0v) is 16.6. The van der Waals surface area contributed by atoms with Gasteiger partial charge in [-0.1, -0.05) is 48.5 Å². The van der Waals surface area contributed by atoms with Crippen LogP contribution in [0.4, 0.5) is 5.69 Å². The maximum absolute atomic E-state index is 13.3. The molecule has 0 aliphatic rings. The third-order valence-electron chi connectivity index (χ3n) is 5.10. The third kappa shape index (κ3) is 3.34. The number of para-hydroxylation sites is 1. The van der Waals surface area contributed by atoms with E-state index in [0.717, 1.165) is 16.8 Å². The van der Waals surface area contributed by atoms with Crippen molar-refractivity contribution in [1.29, 1.82) is 0 Å². The molecule has 0 atom stereocenters. The second-order valence-electron chi connectivity index (χ2n) is 7.14. The first-order valence-electron chi connectivity index (χ1n) is 9.44. The second kappa shape index (κ2) is 7.40. The summed E-state index contributed by atoms with van der Waals surface area (Å²) in [5.41, 5.74) is 3.72. The molecule has 0 bridgehead atoms. The van der Waals surface area contributed by atoms with Crippen LogP contribution < -0.4 is 10.3 Å². The van der Waals surface area contributed by atoms with Gasteiger partial charge in [0.2, 0.25) is 0 Å². The van der Waals surface area contributed by atoms with Crippen molar-refractivity contribution in [3.8, 4) is 11.3 Å². The van der Waals surface area contributed by atoms with Gasteiger partial charge >= 0.3 is 0 Å². The fourth-order valence-corrected chi connectivity index (χ4v) is 3.48. The van der Waals surface area contributed by atoms with Gasteiger partial charge in [-0.2, -0.15) is 0 Å². The lowest BCUT2D eigenvalue weighted by Crippen LogP contribution is -2.26. The maximum atomic E-state index is 13.3. The molecule has 1 aromatic heterocycles. The molecule has 4 nitrogen and oxygen atoms in total. The molecule has 4 heteroatoms. The summed E-state index contributed by atoms with van der Waals surface area (Å²) in [5.74, 6) is 0.258. The molecule has 0 aliphatic heterocycles. The van der Waals surface area contributed by atoms with Crippen molar-refractivity contribution >= 4 is 22.6 Å². The molecule has 0 saturated heterocycles. The molecule has 0 saturated carbocycles. The number of carbonyl (C=O) groups excluding carboxylic acids is 1. The van der Waals surface area contributed by atoms with E-state index in [0.29, 0.717) is 27.9 Å². The minimum Gasteiger partial charge on any atom is -0.455 e. The van der Waals surface area contributed by atoms with Crippen molar-refractivity contribution in [3.63, 3.8) is 0 Å². The van der Waals surface area contributed by atoms with Crippen LogP contribution in [0.15, 0.2) is 82.0 Å². The Labute approximate surface area is 169 Å². The van der Waals surface area contributed by atoms with Crippen molar-refractivity contribution in [1.82, 2.24) is 0 Å². The summed E-state index contributed by atoms with van der Waals surface area (Å²) in [5, 5.41) is 0.408. The number of aryl methyl sites for hydroxylation is 1. The molecule has 1 amide bonds. The van der Waals surface area contributed by atoms with Crippen molar-refractivity contribution in [2.45, 2.75) is 13.8 Å². The summed E-state index contributed by atoms with van der Waals surface area (Å²) in [6.07, 6.45) is 0. The van der Waals surface area contributed by atoms with Gasteiger partial charge in [-0.05, 0) is 43.7 Å². The molecule has 3 aromatic carbocycles. The van der Waals surface area contributed by atoms with Crippen molar-refractivity contribution in [2.24, 2.45) is 0 Å². The van der Waals surface area contributed by atoms with Gasteiger partial charge < -0.3 is 9.32 Å². The van der Waals surface area contributed by atoms with Gasteiger partial charge in [-0.3, -0.25) is 9.59 Å². The Balaban J connectivity index is 1.90. The molecule has 29 heavy (non-hydrogen) atoms. The number of anilines is 1. The summed E-state index contributed by atoms with van der Waals surface area (Å²) >= 11 is 0. The summed E-state index contributed by atoms with van der Waals surface area (Å²) in [6, 6.07) is 22.3. The number of rotatable bonds is 3. The first-order chi connectivity index (χ1) is 14.0. The fourth-order valence-electron chi connectivity index (χ4n) is 3.48. The SMILES string of the molecule is Cc1cccc(N(C)C(=O)c2cccc3c(=O)c(C)c(-c4ccccc4)oc23)c1. The van der Waals surface area contributed by atoms with E-state index < -0.39 is 0 Å². The monoisotopic (exact) mass is 383 g/mol. The van der Waals surface area contributed by atoms with E-state index in [2.05, 4.69) is 0 Å². The Morgan fingerprint density at radius 3 is 2.34 bits per heavy atom. The number of fused-ring (bicyclic) bond motifs is 1. The van der Waals surface area contributed by atoms with Gasteiger partial charge in [-0.25, -0.2) is 0 Å². The number of hydrogen-bond donors (Lipinski definition) is 0. The maximum Gasteiger partial charge on any atom is 0.261 e. The van der Waals surface area contributed by atoms with Crippen molar-refractivity contribution in [3.05, 3.63) is 99.7 Å². The van der Waals surface area contributed by atoms with Gasteiger partial charge in [0, 0.05) is 23.9 Å². The topological polar surface area (TPSA) is 50.5 Å². The third-order valence-corrected chi connectivity index (χ3v) is 5.10. The number of nitrogens with zero attached hydrogens (tertiary/aromatic N) is 1. The molecule has 4 rings (SSSR count). The van der Waals surface area contributed by atoms with Crippen molar-refractivity contribution in [2.75, 3.05) is 11.9 Å². The van der Waals surface area contributed by atoms with E-state index in [1.165, 1.54) is 0 Å². The number of benzene rings is 3. The van der Waals surface area contributed by atoms with Gasteiger partial charge in [0.25, 0.3) is 5.91 Å². The predicted molar refractivity (Wildman–Crippen MR) is 117 cm³/mol. The highest BCUT2D eigenvalue weighted by Gasteiger charge is 2.21. The Hall–Kier alpha value is -3.66. The summed E-state index contributed by atoms with van der Waals surface area (Å²) in [6.45, 7) is 3.73. The normalized spacial score (nSPS) is 10.9. The second-order valence-corrected chi connectivity index (χ2v) is 7.14. The zero-order chi connectivity index (χ0) is 20.5. The molecule has 0 aliphatic carbocycles.